The van der Waals surface area contributed by atoms with E-state index >= 15 is 0 Å². The quantitative estimate of drug-likeness (QED) is 0.538. The number of nitrogens with one attached hydrogen (secondary N) is 1. The van der Waals surface area contributed by atoms with Crippen LogP contribution in [0.5, 0.6) is 0 Å². The lowest BCUT2D eigenvalue weighted by molar-refractivity contribution is -0.138. The minimum atomic E-state index is -0.999. The van der Waals surface area contributed by atoms with E-state index < -0.39 is 18.0 Å². The second-order valence-corrected chi connectivity index (χ2v) is 3.90. The third kappa shape index (κ3) is 4.42. The molecule has 5 N–H and O–H groups in total. The van der Waals surface area contributed by atoms with Crippen molar-refractivity contribution < 1.29 is 19.8 Å². The van der Waals surface area contributed by atoms with E-state index in [1.54, 1.807) is 12.1 Å². The number of hydrogen-bond donors (Lipinski definition) is 4. The van der Waals surface area contributed by atoms with E-state index in [9.17, 15) is 9.59 Å². The summed E-state index contributed by atoms with van der Waals surface area (Å²) in [6.45, 7) is 0.591. The number of nitrogens with two attached hydrogens (primary N) is 1. The summed E-state index contributed by atoms with van der Waals surface area (Å²) >= 11 is 0. The number of aromatic carboxylic acids is 1. The highest BCUT2D eigenvalue weighted by Gasteiger charge is 2.09. The van der Waals surface area contributed by atoms with E-state index in [2.05, 4.69) is 5.32 Å². The summed E-state index contributed by atoms with van der Waals surface area (Å²) in [5, 5.41) is 20.4. The Bertz CT molecular complexity index is 417. The number of carbonyl (C=O) groups is 2. The van der Waals surface area contributed by atoms with E-state index in [0.717, 1.165) is 5.69 Å². The first-order chi connectivity index (χ1) is 8.50. The zero-order valence-electron chi connectivity index (χ0n) is 9.80. The summed E-state index contributed by atoms with van der Waals surface area (Å²) in [5.41, 5.74) is 6.38. The topological polar surface area (TPSA) is 113 Å². The highest BCUT2D eigenvalue weighted by Crippen LogP contribution is 2.09. The van der Waals surface area contributed by atoms with Crippen molar-refractivity contribution in [1.29, 1.82) is 0 Å². The van der Waals surface area contributed by atoms with Gasteiger partial charge in [0.15, 0.2) is 0 Å². The van der Waals surface area contributed by atoms with Gasteiger partial charge in [0.05, 0.1) is 5.56 Å². The molecule has 0 aromatic heterocycles. The lowest BCUT2D eigenvalue weighted by Gasteiger charge is -2.08. The molecule has 1 rings (SSSR count). The van der Waals surface area contributed by atoms with Crippen LogP contribution in [0.3, 0.4) is 0 Å². The fraction of sp³-hybridized carbons (Fsp3) is 0.333. The van der Waals surface area contributed by atoms with Crippen LogP contribution in [0.4, 0.5) is 5.69 Å². The third-order valence-electron chi connectivity index (χ3n) is 2.47. The molecule has 1 aromatic carbocycles. The molecule has 0 saturated carbocycles. The van der Waals surface area contributed by atoms with Gasteiger partial charge >= 0.3 is 11.9 Å². The van der Waals surface area contributed by atoms with Crippen molar-refractivity contribution in [2.24, 2.45) is 5.73 Å². The Hall–Kier alpha value is -2.08. The number of carboxylic acids is 2. The van der Waals surface area contributed by atoms with E-state index in [0.29, 0.717) is 19.4 Å². The number of carboxylic acid groups (broad SMARTS) is 2. The number of anilines is 1. The molecule has 6 heteroatoms. The van der Waals surface area contributed by atoms with Gasteiger partial charge < -0.3 is 21.3 Å². The lowest BCUT2D eigenvalue weighted by atomic mass is 10.1. The van der Waals surface area contributed by atoms with Crippen LogP contribution in [-0.2, 0) is 4.79 Å². The van der Waals surface area contributed by atoms with Gasteiger partial charge in [-0.25, -0.2) is 4.79 Å². The zero-order valence-corrected chi connectivity index (χ0v) is 9.80. The minimum absolute atomic E-state index is 0.230. The van der Waals surface area contributed by atoms with E-state index in [4.69, 9.17) is 15.9 Å². The van der Waals surface area contributed by atoms with E-state index in [1.165, 1.54) is 12.1 Å². The average Bonchev–Trinajstić information content (AvgIpc) is 2.34. The normalized spacial score (nSPS) is 11.8. The highest BCUT2D eigenvalue weighted by molar-refractivity contribution is 5.87. The SMILES string of the molecule is N[C@@H](CCCNc1ccc(C(=O)O)cc1)C(=O)O. The van der Waals surface area contributed by atoms with Crippen LogP contribution >= 0.6 is 0 Å². The van der Waals surface area contributed by atoms with Crippen LogP contribution < -0.4 is 11.1 Å². The number of aliphatic carboxylic acids is 1. The van der Waals surface area contributed by atoms with Gasteiger partial charge in [0, 0.05) is 12.2 Å². The van der Waals surface area contributed by atoms with Crippen LogP contribution in [0.25, 0.3) is 0 Å². The Morgan fingerprint density at radius 2 is 1.83 bits per heavy atom. The third-order valence-corrected chi connectivity index (χ3v) is 2.47. The molecule has 6 nitrogen and oxygen atoms in total. The van der Waals surface area contributed by atoms with Gasteiger partial charge in [0.25, 0.3) is 0 Å². The summed E-state index contributed by atoms with van der Waals surface area (Å²) in [6, 6.07) is 5.52. The molecule has 0 aliphatic heterocycles. The largest absolute Gasteiger partial charge is 0.480 e. The van der Waals surface area contributed by atoms with Crippen molar-refractivity contribution in [1.82, 2.24) is 0 Å². The molecule has 0 amide bonds. The second-order valence-electron chi connectivity index (χ2n) is 3.90. The van der Waals surface area contributed by atoms with Crippen LogP contribution in [0, 0.1) is 0 Å². The first-order valence-corrected chi connectivity index (χ1v) is 5.56. The maximum absolute atomic E-state index is 10.6. The molecule has 0 bridgehead atoms. The van der Waals surface area contributed by atoms with Crippen LogP contribution in [0.1, 0.15) is 23.2 Å². The lowest BCUT2D eigenvalue weighted by Crippen LogP contribution is -2.30. The van der Waals surface area contributed by atoms with Crippen molar-refractivity contribution in [2.75, 3.05) is 11.9 Å². The van der Waals surface area contributed by atoms with Crippen molar-refractivity contribution in [3.63, 3.8) is 0 Å². The zero-order chi connectivity index (χ0) is 13.5. The van der Waals surface area contributed by atoms with Crippen molar-refractivity contribution in [3.8, 4) is 0 Å². The predicted molar refractivity (Wildman–Crippen MR) is 66.7 cm³/mol. The Kier molecular flexibility index (Phi) is 5.13. The first kappa shape index (κ1) is 14.0. The van der Waals surface area contributed by atoms with Gasteiger partial charge in [-0.3, -0.25) is 4.79 Å². The maximum Gasteiger partial charge on any atom is 0.335 e. The summed E-state index contributed by atoms with van der Waals surface area (Å²) in [7, 11) is 0. The number of rotatable bonds is 7. The molecular weight excluding hydrogens is 236 g/mol. The van der Waals surface area contributed by atoms with Crippen molar-refractivity contribution in [3.05, 3.63) is 29.8 Å². The molecule has 0 aliphatic rings. The molecule has 0 spiro atoms. The Labute approximate surface area is 104 Å². The fourth-order valence-corrected chi connectivity index (χ4v) is 1.41. The molecule has 0 fully saturated rings. The van der Waals surface area contributed by atoms with Gasteiger partial charge in [-0.2, -0.15) is 0 Å². The van der Waals surface area contributed by atoms with Crippen LogP contribution in [-0.4, -0.2) is 34.7 Å². The summed E-state index contributed by atoms with van der Waals surface area (Å²) in [4.78, 5) is 21.1. The summed E-state index contributed by atoms with van der Waals surface area (Å²) in [5.74, 6) is -1.96. The number of benzene rings is 1. The average molecular weight is 252 g/mol. The summed E-state index contributed by atoms with van der Waals surface area (Å²) < 4.78 is 0. The molecule has 0 saturated heterocycles. The Balaban J connectivity index is 2.31. The smallest absolute Gasteiger partial charge is 0.335 e. The predicted octanol–water partition coefficient (Wildman–Crippen LogP) is 0.989. The molecule has 0 aliphatic carbocycles. The van der Waals surface area contributed by atoms with E-state index in [-0.39, 0.29) is 5.56 Å². The number of hydrogen-bond acceptors (Lipinski definition) is 4. The van der Waals surface area contributed by atoms with Gasteiger partial charge in [-0.15, -0.1) is 0 Å². The molecule has 1 atom stereocenters. The first-order valence-electron chi connectivity index (χ1n) is 5.56. The summed E-state index contributed by atoms with van der Waals surface area (Å²) in [6.07, 6.45) is 1.03. The molecule has 0 radical (unpaired) electrons. The molecular formula is C12H16N2O4. The molecule has 1 aromatic rings. The van der Waals surface area contributed by atoms with Gasteiger partial charge in [-0.05, 0) is 37.1 Å². The second kappa shape index (κ2) is 6.61. The van der Waals surface area contributed by atoms with Crippen LogP contribution in [0.2, 0.25) is 0 Å². The molecule has 0 heterocycles. The van der Waals surface area contributed by atoms with Gasteiger partial charge in [0.1, 0.15) is 6.04 Å². The van der Waals surface area contributed by atoms with Crippen molar-refractivity contribution in [2.45, 2.75) is 18.9 Å². The van der Waals surface area contributed by atoms with Gasteiger partial charge in [-0.1, -0.05) is 0 Å². The maximum atomic E-state index is 10.6. The molecule has 98 valence electrons. The molecule has 0 unspecified atom stereocenters. The molecule has 18 heavy (non-hydrogen) atoms. The van der Waals surface area contributed by atoms with E-state index in [1.807, 2.05) is 0 Å². The Morgan fingerprint density at radius 3 is 2.33 bits per heavy atom. The monoisotopic (exact) mass is 252 g/mol. The fourth-order valence-electron chi connectivity index (χ4n) is 1.41. The van der Waals surface area contributed by atoms with Crippen molar-refractivity contribution >= 4 is 17.6 Å². The van der Waals surface area contributed by atoms with Crippen LogP contribution in [0.15, 0.2) is 24.3 Å². The standard InChI is InChI=1S/C12H16N2O4/c13-10(12(17)18)2-1-7-14-9-5-3-8(4-6-9)11(15)16/h3-6,10,14H,1-2,7,13H2,(H,15,16)(H,17,18)/t10-/m0/s1. The highest BCUT2D eigenvalue weighted by atomic mass is 16.4. The minimum Gasteiger partial charge on any atom is -0.480 e. The van der Waals surface area contributed by atoms with Gasteiger partial charge in [0.2, 0.25) is 0 Å². The Morgan fingerprint density at radius 1 is 1.22 bits per heavy atom.